The second-order valence-electron chi connectivity index (χ2n) is 5.12. The summed E-state index contributed by atoms with van der Waals surface area (Å²) in [7, 11) is 1.74. The number of rotatable bonds is 5. The van der Waals surface area contributed by atoms with Crippen molar-refractivity contribution in [2.45, 2.75) is 19.1 Å². The first-order chi connectivity index (χ1) is 10.1. The van der Waals surface area contributed by atoms with Gasteiger partial charge in [-0.3, -0.25) is 4.68 Å². The van der Waals surface area contributed by atoms with Crippen molar-refractivity contribution in [2.75, 3.05) is 6.54 Å². The Bertz CT molecular complexity index is 641. The second-order valence-corrected chi connectivity index (χ2v) is 5.12. The van der Waals surface area contributed by atoms with Gasteiger partial charge in [0.15, 0.2) is 0 Å². The molecule has 1 aromatic carbocycles. The molecule has 110 valence electrons. The fourth-order valence-corrected chi connectivity index (χ4v) is 2.57. The van der Waals surface area contributed by atoms with E-state index in [-0.39, 0.29) is 11.7 Å². The standard InChI is InChI=1S/C15H17N3O3/c1-18-13(12(8-17-18)15(19)20)9-16-7-11-6-10-4-2-3-5-14(10)21-11/h2-5,8,11,16H,6-7,9H2,1H3,(H,19,20). The Morgan fingerprint density at radius 2 is 2.33 bits per heavy atom. The van der Waals surface area contributed by atoms with E-state index in [0.29, 0.717) is 18.8 Å². The van der Waals surface area contributed by atoms with Crippen molar-refractivity contribution in [3.05, 3.63) is 47.3 Å². The first-order valence-electron chi connectivity index (χ1n) is 6.84. The quantitative estimate of drug-likeness (QED) is 0.864. The van der Waals surface area contributed by atoms with E-state index in [9.17, 15) is 4.79 Å². The van der Waals surface area contributed by atoms with E-state index in [2.05, 4.69) is 16.5 Å². The summed E-state index contributed by atoms with van der Waals surface area (Å²) in [4.78, 5) is 11.1. The van der Waals surface area contributed by atoms with Crippen LogP contribution in [-0.4, -0.2) is 33.5 Å². The molecule has 21 heavy (non-hydrogen) atoms. The predicted molar refractivity (Wildman–Crippen MR) is 76.4 cm³/mol. The van der Waals surface area contributed by atoms with Crippen LogP contribution in [0.15, 0.2) is 30.5 Å². The Hall–Kier alpha value is -2.34. The van der Waals surface area contributed by atoms with Crippen LogP contribution in [-0.2, 0) is 20.0 Å². The fraction of sp³-hybridized carbons (Fsp3) is 0.333. The molecule has 6 heteroatoms. The summed E-state index contributed by atoms with van der Waals surface area (Å²) >= 11 is 0. The number of carboxylic acid groups (broad SMARTS) is 1. The summed E-state index contributed by atoms with van der Waals surface area (Å²) in [5.74, 6) is -0.0134. The van der Waals surface area contributed by atoms with Gasteiger partial charge in [0.2, 0.25) is 0 Å². The number of hydrogen-bond donors (Lipinski definition) is 2. The van der Waals surface area contributed by atoms with Gasteiger partial charge in [0.1, 0.15) is 17.4 Å². The van der Waals surface area contributed by atoms with Gasteiger partial charge in [0, 0.05) is 26.6 Å². The van der Waals surface area contributed by atoms with Gasteiger partial charge in [0.05, 0.1) is 11.9 Å². The molecule has 1 aliphatic heterocycles. The minimum Gasteiger partial charge on any atom is -0.488 e. The highest BCUT2D eigenvalue weighted by Crippen LogP contribution is 2.27. The van der Waals surface area contributed by atoms with Gasteiger partial charge in [-0.15, -0.1) is 0 Å². The zero-order valence-electron chi connectivity index (χ0n) is 11.7. The highest BCUT2D eigenvalue weighted by molar-refractivity contribution is 5.88. The lowest BCUT2D eigenvalue weighted by Crippen LogP contribution is -2.30. The molecule has 0 radical (unpaired) electrons. The monoisotopic (exact) mass is 287 g/mol. The molecule has 1 aliphatic rings. The van der Waals surface area contributed by atoms with Gasteiger partial charge in [-0.05, 0) is 11.6 Å². The zero-order chi connectivity index (χ0) is 14.8. The van der Waals surface area contributed by atoms with Crippen LogP contribution in [0.3, 0.4) is 0 Å². The minimum atomic E-state index is -0.954. The molecule has 0 aliphatic carbocycles. The van der Waals surface area contributed by atoms with E-state index < -0.39 is 5.97 Å². The average Bonchev–Trinajstić information content (AvgIpc) is 3.02. The van der Waals surface area contributed by atoms with Crippen LogP contribution in [0.25, 0.3) is 0 Å². The molecule has 0 amide bonds. The van der Waals surface area contributed by atoms with Gasteiger partial charge >= 0.3 is 5.97 Å². The van der Waals surface area contributed by atoms with Crippen molar-refractivity contribution in [1.29, 1.82) is 0 Å². The van der Waals surface area contributed by atoms with Crippen LogP contribution >= 0.6 is 0 Å². The van der Waals surface area contributed by atoms with E-state index >= 15 is 0 Å². The number of aromatic nitrogens is 2. The van der Waals surface area contributed by atoms with Crippen molar-refractivity contribution < 1.29 is 14.6 Å². The third-order valence-corrected chi connectivity index (χ3v) is 3.67. The molecule has 1 unspecified atom stereocenters. The summed E-state index contributed by atoms with van der Waals surface area (Å²) in [6.45, 7) is 1.12. The second kappa shape index (κ2) is 5.57. The Morgan fingerprint density at radius 3 is 3.10 bits per heavy atom. The SMILES string of the molecule is Cn1ncc(C(=O)O)c1CNCC1Cc2ccccc2O1. The largest absolute Gasteiger partial charge is 0.488 e. The summed E-state index contributed by atoms with van der Waals surface area (Å²) in [6.07, 6.45) is 2.34. The van der Waals surface area contributed by atoms with E-state index in [0.717, 1.165) is 12.2 Å². The molecule has 1 atom stereocenters. The molecule has 2 aromatic rings. The molecule has 0 spiro atoms. The molecule has 6 nitrogen and oxygen atoms in total. The fourth-order valence-electron chi connectivity index (χ4n) is 2.57. The molecule has 3 rings (SSSR count). The number of hydrogen-bond acceptors (Lipinski definition) is 4. The minimum absolute atomic E-state index is 0.0869. The van der Waals surface area contributed by atoms with Gasteiger partial charge in [-0.25, -0.2) is 4.79 Å². The first-order valence-corrected chi connectivity index (χ1v) is 6.84. The Morgan fingerprint density at radius 1 is 1.52 bits per heavy atom. The Kier molecular flexibility index (Phi) is 3.62. The van der Waals surface area contributed by atoms with Crippen LogP contribution in [0.1, 0.15) is 21.6 Å². The summed E-state index contributed by atoms with van der Waals surface area (Å²) in [6, 6.07) is 8.01. The van der Waals surface area contributed by atoms with Gasteiger partial charge in [-0.1, -0.05) is 18.2 Å². The molecule has 0 fully saturated rings. The van der Waals surface area contributed by atoms with Crippen LogP contribution in [0.4, 0.5) is 0 Å². The van der Waals surface area contributed by atoms with Crippen LogP contribution < -0.4 is 10.1 Å². The number of aryl methyl sites for hydroxylation is 1. The number of aromatic carboxylic acids is 1. The smallest absolute Gasteiger partial charge is 0.339 e. The third-order valence-electron chi connectivity index (χ3n) is 3.67. The normalized spacial score (nSPS) is 16.5. The maximum Gasteiger partial charge on any atom is 0.339 e. The summed E-state index contributed by atoms with van der Waals surface area (Å²) in [5, 5.41) is 16.3. The van der Waals surface area contributed by atoms with Crippen molar-refractivity contribution in [3.8, 4) is 5.75 Å². The molecular formula is C15H17N3O3. The number of fused-ring (bicyclic) bond motifs is 1. The number of carboxylic acids is 1. The van der Waals surface area contributed by atoms with E-state index in [1.54, 1.807) is 11.7 Å². The van der Waals surface area contributed by atoms with Crippen LogP contribution in [0.5, 0.6) is 5.75 Å². The Balaban J connectivity index is 1.56. The van der Waals surface area contributed by atoms with Gasteiger partial charge in [-0.2, -0.15) is 5.10 Å². The lowest BCUT2D eigenvalue weighted by molar-refractivity contribution is 0.0695. The van der Waals surface area contributed by atoms with Gasteiger partial charge in [0.25, 0.3) is 0 Å². The number of ether oxygens (including phenoxy) is 1. The zero-order valence-corrected chi connectivity index (χ0v) is 11.7. The van der Waals surface area contributed by atoms with Gasteiger partial charge < -0.3 is 15.2 Å². The Labute approximate surface area is 122 Å². The van der Waals surface area contributed by atoms with Crippen LogP contribution in [0, 0.1) is 0 Å². The predicted octanol–water partition coefficient (Wildman–Crippen LogP) is 1.21. The first kappa shape index (κ1) is 13.6. The summed E-state index contributed by atoms with van der Waals surface area (Å²) < 4.78 is 7.42. The van der Waals surface area contributed by atoms with E-state index in [1.165, 1.54) is 11.8 Å². The molecule has 0 saturated heterocycles. The van der Waals surface area contributed by atoms with E-state index in [4.69, 9.17) is 9.84 Å². The third kappa shape index (κ3) is 2.75. The topological polar surface area (TPSA) is 76.4 Å². The number of nitrogens with zero attached hydrogens (tertiary/aromatic N) is 2. The number of benzene rings is 1. The van der Waals surface area contributed by atoms with Crippen molar-refractivity contribution in [2.24, 2.45) is 7.05 Å². The molecule has 2 heterocycles. The highest BCUT2D eigenvalue weighted by Gasteiger charge is 2.22. The molecule has 2 N–H and O–H groups in total. The number of nitrogens with one attached hydrogen (secondary N) is 1. The molecule has 0 saturated carbocycles. The maximum absolute atomic E-state index is 11.1. The van der Waals surface area contributed by atoms with E-state index in [1.807, 2.05) is 18.2 Å². The van der Waals surface area contributed by atoms with Crippen LogP contribution in [0.2, 0.25) is 0 Å². The molecule has 0 bridgehead atoms. The molecule has 1 aromatic heterocycles. The molecular weight excluding hydrogens is 270 g/mol. The maximum atomic E-state index is 11.1. The lowest BCUT2D eigenvalue weighted by atomic mass is 10.1. The van der Waals surface area contributed by atoms with Crippen molar-refractivity contribution in [1.82, 2.24) is 15.1 Å². The lowest BCUT2D eigenvalue weighted by Gasteiger charge is -2.12. The van der Waals surface area contributed by atoms with Crippen molar-refractivity contribution >= 4 is 5.97 Å². The highest BCUT2D eigenvalue weighted by atomic mass is 16.5. The number of carbonyl (C=O) groups is 1. The average molecular weight is 287 g/mol. The summed E-state index contributed by atoms with van der Waals surface area (Å²) in [5.41, 5.74) is 2.12. The van der Waals surface area contributed by atoms with Crippen molar-refractivity contribution in [3.63, 3.8) is 0 Å². The number of para-hydroxylation sites is 1.